The fraction of sp³-hybridized carbons (Fsp3) is 0.636. The summed E-state index contributed by atoms with van der Waals surface area (Å²) in [6.07, 6.45) is 3.53. The maximum atomic E-state index is 9.02. The number of rotatable bonds is 4. The normalized spacial score (nSPS) is 31.6. The lowest BCUT2D eigenvalue weighted by molar-refractivity contribution is 0.112. The molecule has 0 aromatic rings. The lowest BCUT2D eigenvalue weighted by Crippen LogP contribution is -2.16. The van der Waals surface area contributed by atoms with Crippen LogP contribution in [-0.2, 0) is 4.74 Å². The molecule has 1 fully saturated rings. The molecule has 0 radical (unpaired) electrons. The molecule has 2 aliphatic rings. The molecule has 0 N–H and O–H groups in total. The minimum absolute atomic E-state index is 0.00508. The number of ether oxygens (including phenoxy) is 1. The van der Waals surface area contributed by atoms with Crippen molar-refractivity contribution in [2.24, 2.45) is 5.92 Å². The van der Waals surface area contributed by atoms with Gasteiger partial charge in [-0.25, -0.2) is 0 Å². The van der Waals surface area contributed by atoms with Gasteiger partial charge in [0.15, 0.2) is 0 Å². The summed E-state index contributed by atoms with van der Waals surface area (Å²) < 4.78 is 5.80. The number of fused-ring (bicyclic) bond motifs is 2. The van der Waals surface area contributed by atoms with Crippen LogP contribution in [0, 0.1) is 28.6 Å². The van der Waals surface area contributed by atoms with Gasteiger partial charge in [0.25, 0.3) is 0 Å². The summed E-state index contributed by atoms with van der Waals surface area (Å²) >= 11 is 3.40. The van der Waals surface area contributed by atoms with Crippen LogP contribution in [0.15, 0.2) is 9.81 Å². The van der Waals surface area contributed by atoms with Crippen LogP contribution in [-0.4, -0.2) is 24.2 Å². The minimum Gasteiger partial charge on any atom is -0.363 e. The number of nitrogens with zero attached hydrogens (tertiary/aromatic N) is 2. The van der Waals surface area contributed by atoms with Gasteiger partial charge in [-0.1, -0.05) is 0 Å². The summed E-state index contributed by atoms with van der Waals surface area (Å²) in [5, 5.41) is 17.5. The zero-order chi connectivity index (χ0) is 11.5. The van der Waals surface area contributed by atoms with Crippen LogP contribution in [0.2, 0.25) is 0 Å². The summed E-state index contributed by atoms with van der Waals surface area (Å²) in [5.74, 6) is 0.797. The summed E-state index contributed by atoms with van der Waals surface area (Å²) in [4.78, 5) is 2.48. The van der Waals surface area contributed by atoms with Gasteiger partial charge in [0.05, 0.1) is 24.2 Å². The Kier molecular flexibility index (Phi) is 3.81. The smallest absolute Gasteiger partial charge is 0.106 e. The van der Waals surface area contributed by atoms with Crippen molar-refractivity contribution in [3.05, 3.63) is 9.81 Å². The van der Waals surface area contributed by atoms with Crippen LogP contribution >= 0.6 is 23.5 Å². The van der Waals surface area contributed by atoms with Crippen molar-refractivity contribution in [2.45, 2.75) is 25.0 Å². The van der Waals surface area contributed by atoms with Gasteiger partial charge in [0, 0.05) is 22.0 Å². The zero-order valence-corrected chi connectivity index (χ0v) is 10.6. The molecule has 2 bridgehead atoms. The molecule has 0 amide bonds. The minimum atomic E-state index is -0.0267. The third-order valence-corrected chi connectivity index (χ3v) is 5.02. The van der Waals surface area contributed by atoms with E-state index in [4.69, 9.17) is 15.3 Å². The molecule has 2 heterocycles. The van der Waals surface area contributed by atoms with E-state index in [1.54, 1.807) is 23.5 Å². The monoisotopic (exact) mass is 252 g/mol. The van der Waals surface area contributed by atoms with Crippen molar-refractivity contribution in [3.63, 3.8) is 0 Å². The van der Waals surface area contributed by atoms with E-state index in [1.165, 1.54) is 9.81 Å². The molecule has 0 aromatic carbocycles. The zero-order valence-electron chi connectivity index (χ0n) is 8.97. The van der Waals surface area contributed by atoms with Crippen molar-refractivity contribution in [1.82, 2.24) is 0 Å². The molecule has 0 saturated carbocycles. The maximum absolute atomic E-state index is 9.02. The lowest BCUT2D eigenvalue weighted by atomic mass is 9.95. The van der Waals surface area contributed by atoms with Crippen LogP contribution in [0.1, 0.15) is 12.8 Å². The second kappa shape index (κ2) is 5.14. The first-order valence-electron chi connectivity index (χ1n) is 5.14. The Hall–Kier alpha value is -0.620. The number of hydrogen-bond acceptors (Lipinski definition) is 5. The predicted molar refractivity (Wildman–Crippen MR) is 65.6 cm³/mol. The van der Waals surface area contributed by atoms with Gasteiger partial charge in [0.1, 0.15) is 6.10 Å². The first-order valence-corrected chi connectivity index (χ1v) is 7.35. The number of hydrogen-bond donors (Lipinski definition) is 0. The molecule has 0 aliphatic carbocycles. The molecule has 3 unspecified atom stereocenters. The van der Waals surface area contributed by atoms with Crippen LogP contribution in [0.25, 0.3) is 0 Å². The molecule has 84 valence electrons. The number of nitriles is 2. The molecule has 2 aliphatic heterocycles. The second-order valence-corrected chi connectivity index (χ2v) is 5.69. The highest BCUT2D eigenvalue weighted by molar-refractivity contribution is 8.06. The van der Waals surface area contributed by atoms with Gasteiger partial charge >= 0.3 is 0 Å². The third kappa shape index (κ3) is 1.96. The summed E-state index contributed by atoms with van der Waals surface area (Å²) in [5.41, 5.74) is 0. The Morgan fingerprint density at radius 2 is 2.25 bits per heavy atom. The van der Waals surface area contributed by atoms with E-state index in [1.807, 2.05) is 6.26 Å². The first kappa shape index (κ1) is 11.9. The van der Waals surface area contributed by atoms with Crippen molar-refractivity contribution in [2.75, 3.05) is 12.0 Å². The van der Waals surface area contributed by atoms with Gasteiger partial charge < -0.3 is 4.74 Å². The van der Waals surface area contributed by atoms with Gasteiger partial charge in [0.2, 0.25) is 0 Å². The van der Waals surface area contributed by atoms with Crippen molar-refractivity contribution >= 4 is 23.5 Å². The molecule has 3 nitrogen and oxygen atoms in total. The average molecular weight is 252 g/mol. The molecule has 0 aromatic heterocycles. The topological polar surface area (TPSA) is 56.8 Å². The third-order valence-electron chi connectivity index (χ3n) is 2.80. The quantitative estimate of drug-likeness (QED) is 0.720. The largest absolute Gasteiger partial charge is 0.363 e. The molecule has 0 spiro atoms. The van der Waals surface area contributed by atoms with Crippen molar-refractivity contribution in [3.8, 4) is 12.1 Å². The fourth-order valence-corrected chi connectivity index (χ4v) is 4.34. The Labute approximate surface area is 104 Å². The molecular weight excluding hydrogens is 240 g/mol. The Balaban J connectivity index is 2.10. The van der Waals surface area contributed by atoms with Crippen molar-refractivity contribution in [1.29, 1.82) is 10.5 Å². The van der Waals surface area contributed by atoms with E-state index >= 15 is 0 Å². The average Bonchev–Trinajstić information content (AvgIpc) is 2.86. The van der Waals surface area contributed by atoms with Crippen LogP contribution in [0.4, 0.5) is 0 Å². The standard InChI is InChI=1S/C11H12N2OS2/c1-15-10-8-5-7(6-13)9(14-8)11(10)16-4-2-3-12/h7-9H,2,4-5H2,1H3. The highest BCUT2D eigenvalue weighted by Gasteiger charge is 2.47. The Morgan fingerprint density at radius 3 is 2.88 bits per heavy atom. The second-order valence-electron chi connectivity index (χ2n) is 3.71. The summed E-state index contributed by atoms with van der Waals surface area (Å²) in [7, 11) is 0. The van der Waals surface area contributed by atoms with E-state index in [0.717, 1.165) is 12.2 Å². The summed E-state index contributed by atoms with van der Waals surface area (Å²) in [6, 6.07) is 4.45. The summed E-state index contributed by atoms with van der Waals surface area (Å²) in [6.45, 7) is 0. The highest BCUT2D eigenvalue weighted by Crippen LogP contribution is 2.50. The maximum Gasteiger partial charge on any atom is 0.106 e. The number of thioether (sulfide) groups is 2. The highest BCUT2D eigenvalue weighted by atomic mass is 32.2. The van der Waals surface area contributed by atoms with Crippen LogP contribution < -0.4 is 0 Å². The van der Waals surface area contributed by atoms with E-state index in [2.05, 4.69) is 12.1 Å². The SMILES string of the molecule is CSC1=C(SCCC#N)C2OC1CC2C#N. The van der Waals surface area contributed by atoms with Gasteiger partial charge in [-0.05, 0) is 12.7 Å². The van der Waals surface area contributed by atoms with Gasteiger partial charge in [-0.15, -0.1) is 23.5 Å². The van der Waals surface area contributed by atoms with Crippen LogP contribution in [0.3, 0.4) is 0 Å². The van der Waals surface area contributed by atoms with Gasteiger partial charge in [-0.2, -0.15) is 10.5 Å². The first-order chi connectivity index (χ1) is 7.81. The van der Waals surface area contributed by atoms with E-state index in [9.17, 15) is 0 Å². The van der Waals surface area contributed by atoms with E-state index in [0.29, 0.717) is 6.42 Å². The Morgan fingerprint density at radius 1 is 1.44 bits per heavy atom. The van der Waals surface area contributed by atoms with Crippen LogP contribution in [0.5, 0.6) is 0 Å². The Bertz CT molecular complexity index is 394. The van der Waals surface area contributed by atoms with Gasteiger partial charge in [-0.3, -0.25) is 0 Å². The van der Waals surface area contributed by atoms with E-state index in [-0.39, 0.29) is 18.1 Å². The molecule has 1 saturated heterocycles. The van der Waals surface area contributed by atoms with Crippen molar-refractivity contribution < 1.29 is 4.74 Å². The van der Waals surface area contributed by atoms with E-state index < -0.39 is 0 Å². The fourth-order valence-electron chi connectivity index (χ4n) is 2.11. The predicted octanol–water partition coefficient (Wildman–Crippen LogP) is 2.52. The molecule has 5 heteroatoms. The molecule has 2 rings (SSSR count). The molecule has 3 atom stereocenters. The lowest BCUT2D eigenvalue weighted by Gasteiger charge is -2.17. The molecule has 16 heavy (non-hydrogen) atoms. The molecular formula is C11H12N2OS2.